The van der Waals surface area contributed by atoms with Crippen LogP contribution in [0.5, 0.6) is 17.2 Å². The second kappa shape index (κ2) is 9.68. The summed E-state index contributed by atoms with van der Waals surface area (Å²) in [5.74, 6) is 0.596. The fraction of sp³-hybridized carbons (Fsp3) is 0.263. The molecule has 0 saturated carbocycles. The third-order valence-electron chi connectivity index (χ3n) is 3.27. The number of benzene rings is 2. The van der Waals surface area contributed by atoms with E-state index < -0.39 is 5.91 Å². The highest BCUT2D eigenvalue weighted by Crippen LogP contribution is 2.36. The minimum atomic E-state index is -0.434. The maximum absolute atomic E-state index is 12.0. The minimum Gasteiger partial charge on any atom is -0.508 e. The van der Waals surface area contributed by atoms with Crippen molar-refractivity contribution in [3.8, 4) is 17.2 Å². The van der Waals surface area contributed by atoms with Crippen LogP contribution in [-0.2, 0) is 0 Å². The van der Waals surface area contributed by atoms with Crippen LogP contribution >= 0.6 is 11.6 Å². The van der Waals surface area contributed by atoms with Gasteiger partial charge in [0, 0.05) is 5.56 Å². The highest BCUT2D eigenvalue weighted by atomic mass is 35.5. The zero-order valence-corrected chi connectivity index (χ0v) is 15.4. The molecule has 0 atom stereocenters. The smallest absolute Gasteiger partial charge is 0.271 e. The number of hydrazone groups is 1. The van der Waals surface area contributed by atoms with E-state index in [0.29, 0.717) is 40.9 Å². The predicted molar refractivity (Wildman–Crippen MR) is 102 cm³/mol. The molecular weight excluding hydrogens is 356 g/mol. The van der Waals surface area contributed by atoms with E-state index in [0.717, 1.165) is 6.42 Å². The van der Waals surface area contributed by atoms with E-state index in [-0.39, 0.29) is 5.75 Å². The Labute approximate surface area is 157 Å². The van der Waals surface area contributed by atoms with Gasteiger partial charge < -0.3 is 14.6 Å². The number of carbonyl (C=O) groups is 1. The van der Waals surface area contributed by atoms with Crippen LogP contribution in [0.25, 0.3) is 0 Å². The van der Waals surface area contributed by atoms with Gasteiger partial charge in [0.05, 0.1) is 24.5 Å². The van der Waals surface area contributed by atoms with E-state index in [1.165, 1.54) is 18.3 Å². The van der Waals surface area contributed by atoms with Gasteiger partial charge in [0.2, 0.25) is 0 Å². The lowest BCUT2D eigenvalue weighted by Gasteiger charge is -2.13. The Morgan fingerprint density at radius 2 is 2.08 bits per heavy atom. The van der Waals surface area contributed by atoms with Crippen molar-refractivity contribution in [3.63, 3.8) is 0 Å². The predicted octanol–water partition coefficient (Wildman–Crippen LogP) is 4.00. The summed E-state index contributed by atoms with van der Waals surface area (Å²) >= 11 is 6.28. The van der Waals surface area contributed by atoms with Gasteiger partial charge in [-0.05, 0) is 49.2 Å². The molecule has 0 aliphatic carbocycles. The summed E-state index contributed by atoms with van der Waals surface area (Å²) in [7, 11) is 0. The normalized spacial score (nSPS) is 10.7. The zero-order chi connectivity index (χ0) is 18.9. The Morgan fingerprint density at radius 3 is 2.77 bits per heavy atom. The number of phenols is 1. The number of ether oxygens (including phenoxy) is 2. The Balaban J connectivity index is 2.12. The number of phenolic OH excluding ortho intramolecular Hbond substituents is 1. The number of rotatable bonds is 8. The fourth-order valence-corrected chi connectivity index (χ4v) is 2.42. The minimum absolute atomic E-state index is 0.0115. The summed E-state index contributed by atoms with van der Waals surface area (Å²) in [6.45, 7) is 4.87. The van der Waals surface area contributed by atoms with Crippen LogP contribution in [0.1, 0.15) is 36.2 Å². The molecule has 2 rings (SSSR count). The van der Waals surface area contributed by atoms with Crippen molar-refractivity contribution in [1.82, 2.24) is 5.43 Å². The molecule has 6 nitrogen and oxygen atoms in total. The monoisotopic (exact) mass is 376 g/mol. The molecule has 0 radical (unpaired) electrons. The highest BCUT2D eigenvalue weighted by Gasteiger charge is 2.12. The van der Waals surface area contributed by atoms with Gasteiger partial charge in [-0.15, -0.1) is 0 Å². The first-order chi connectivity index (χ1) is 12.5. The number of aromatic hydroxyl groups is 1. The average Bonchev–Trinajstić information content (AvgIpc) is 2.61. The Morgan fingerprint density at radius 1 is 1.27 bits per heavy atom. The van der Waals surface area contributed by atoms with E-state index in [1.807, 2.05) is 13.8 Å². The largest absolute Gasteiger partial charge is 0.508 e. The molecule has 0 spiro atoms. The summed E-state index contributed by atoms with van der Waals surface area (Å²) in [6, 6.07) is 9.42. The fourth-order valence-electron chi connectivity index (χ4n) is 2.15. The summed E-state index contributed by atoms with van der Waals surface area (Å²) in [5, 5.41) is 13.7. The number of amides is 1. The van der Waals surface area contributed by atoms with Crippen molar-refractivity contribution in [2.75, 3.05) is 13.2 Å². The number of halogens is 1. The first-order valence-electron chi connectivity index (χ1n) is 8.26. The van der Waals surface area contributed by atoms with E-state index in [9.17, 15) is 9.90 Å². The molecule has 0 aliphatic heterocycles. The molecule has 7 heteroatoms. The first-order valence-corrected chi connectivity index (χ1v) is 8.64. The lowest BCUT2D eigenvalue weighted by atomic mass is 10.2. The van der Waals surface area contributed by atoms with Crippen LogP contribution < -0.4 is 14.9 Å². The summed E-state index contributed by atoms with van der Waals surface area (Å²) in [5.41, 5.74) is 3.35. The molecule has 0 aromatic heterocycles. The third kappa shape index (κ3) is 5.39. The second-order valence-corrected chi connectivity index (χ2v) is 5.77. The molecule has 0 unspecified atom stereocenters. The molecular formula is C19H21ClN2O4. The highest BCUT2D eigenvalue weighted by molar-refractivity contribution is 6.32. The standard InChI is InChI=1S/C19H21ClN2O4/c1-3-8-26-18-16(20)9-13(10-17(18)25-4-2)12-21-22-19(24)14-6-5-7-15(23)11-14/h5-7,9-12,23H,3-4,8H2,1-2H3,(H,22,24)/b21-12-. The lowest BCUT2D eigenvalue weighted by molar-refractivity contribution is 0.0954. The molecule has 2 N–H and O–H groups in total. The van der Waals surface area contributed by atoms with Gasteiger partial charge in [-0.2, -0.15) is 5.10 Å². The molecule has 0 aliphatic rings. The third-order valence-corrected chi connectivity index (χ3v) is 3.55. The first kappa shape index (κ1) is 19.6. The lowest BCUT2D eigenvalue weighted by Crippen LogP contribution is -2.17. The quantitative estimate of drug-likeness (QED) is 0.539. The molecule has 138 valence electrons. The average molecular weight is 377 g/mol. The Hall–Kier alpha value is -2.73. The number of nitrogens with zero attached hydrogens (tertiary/aromatic N) is 1. The topological polar surface area (TPSA) is 80.2 Å². The van der Waals surface area contributed by atoms with Gasteiger partial charge in [-0.25, -0.2) is 5.43 Å². The van der Waals surface area contributed by atoms with Crippen LogP contribution in [0.4, 0.5) is 0 Å². The molecule has 0 saturated heterocycles. The number of hydrogen-bond donors (Lipinski definition) is 2. The van der Waals surface area contributed by atoms with Crippen molar-refractivity contribution < 1.29 is 19.4 Å². The molecule has 2 aromatic rings. The van der Waals surface area contributed by atoms with Crippen LogP contribution in [-0.4, -0.2) is 30.4 Å². The van der Waals surface area contributed by atoms with Gasteiger partial charge in [-0.3, -0.25) is 4.79 Å². The molecule has 26 heavy (non-hydrogen) atoms. The SMILES string of the molecule is CCCOc1c(Cl)cc(/C=N\NC(=O)c2cccc(O)c2)cc1OCC. The molecule has 0 fully saturated rings. The van der Waals surface area contributed by atoms with Gasteiger partial charge in [-0.1, -0.05) is 24.6 Å². The van der Waals surface area contributed by atoms with E-state index in [4.69, 9.17) is 21.1 Å². The number of hydrogen-bond acceptors (Lipinski definition) is 5. The van der Waals surface area contributed by atoms with E-state index in [2.05, 4.69) is 10.5 Å². The summed E-state index contributed by atoms with van der Waals surface area (Å²) < 4.78 is 11.2. The van der Waals surface area contributed by atoms with Crippen molar-refractivity contribution in [2.24, 2.45) is 5.10 Å². The van der Waals surface area contributed by atoms with Gasteiger partial charge in [0.1, 0.15) is 5.75 Å². The maximum Gasteiger partial charge on any atom is 0.271 e. The zero-order valence-electron chi connectivity index (χ0n) is 14.7. The van der Waals surface area contributed by atoms with Gasteiger partial charge in [0.25, 0.3) is 5.91 Å². The van der Waals surface area contributed by atoms with Crippen molar-refractivity contribution in [3.05, 3.63) is 52.5 Å². The number of nitrogens with one attached hydrogen (secondary N) is 1. The van der Waals surface area contributed by atoms with Crippen molar-refractivity contribution in [1.29, 1.82) is 0 Å². The summed E-state index contributed by atoms with van der Waals surface area (Å²) in [6.07, 6.45) is 2.31. The number of carbonyl (C=O) groups excluding carboxylic acids is 1. The van der Waals surface area contributed by atoms with E-state index in [1.54, 1.807) is 24.3 Å². The van der Waals surface area contributed by atoms with Crippen molar-refractivity contribution in [2.45, 2.75) is 20.3 Å². The Bertz CT molecular complexity index is 793. The van der Waals surface area contributed by atoms with Crippen LogP contribution in [0.15, 0.2) is 41.5 Å². The molecule has 1 amide bonds. The molecule has 0 heterocycles. The van der Waals surface area contributed by atoms with Crippen LogP contribution in [0.2, 0.25) is 5.02 Å². The van der Waals surface area contributed by atoms with Gasteiger partial charge >= 0.3 is 0 Å². The van der Waals surface area contributed by atoms with Crippen molar-refractivity contribution >= 4 is 23.7 Å². The molecule has 2 aromatic carbocycles. The van der Waals surface area contributed by atoms with E-state index >= 15 is 0 Å². The van der Waals surface area contributed by atoms with Crippen LogP contribution in [0, 0.1) is 0 Å². The maximum atomic E-state index is 12.0. The Kier molecular flexibility index (Phi) is 7.29. The molecule has 0 bridgehead atoms. The van der Waals surface area contributed by atoms with Gasteiger partial charge in [0.15, 0.2) is 11.5 Å². The second-order valence-electron chi connectivity index (χ2n) is 5.36. The summed E-state index contributed by atoms with van der Waals surface area (Å²) in [4.78, 5) is 12.0. The van der Waals surface area contributed by atoms with Crippen LogP contribution in [0.3, 0.4) is 0 Å².